The Labute approximate surface area is 148 Å². The van der Waals surface area contributed by atoms with Crippen LogP contribution in [0.2, 0.25) is 0 Å². The first-order valence-corrected chi connectivity index (χ1v) is 8.37. The zero-order valence-electron chi connectivity index (χ0n) is 15.2. The van der Waals surface area contributed by atoms with Crippen LogP contribution in [0.3, 0.4) is 0 Å². The Balaban J connectivity index is 1.75. The monoisotopic (exact) mass is 336 g/mol. The van der Waals surface area contributed by atoms with Crippen LogP contribution in [0.4, 0.5) is 5.69 Å². The van der Waals surface area contributed by atoms with Crippen molar-refractivity contribution in [3.8, 4) is 0 Å². The summed E-state index contributed by atoms with van der Waals surface area (Å²) in [5.74, 6) is 0. The summed E-state index contributed by atoms with van der Waals surface area (Å²) in [6.45, 7) is 3.36. The third-order valence-corrected chi connectivity index (χ3v) is 4.27. The van der Waals surface area contributed by atoms with Crippen molar-refractivity contribution in [2.75, 3.05) is 26.0 Å². The molecule has 0 spiro atoms. The lowest BCUT2D eigenvalue weighted by Crippen LogP contribution is -2.22. The maximum atomic E-state index is 12.4. The summed E-state index contributed by atoms with van der Waals surface area (Å²) in [4.78, 5) is 21.2. The zero-order chi connectivity index (χ0) is 18.0. The minimum Gasteiger partial charge on any atom is -0.378 e. The number of hydrogen-bond donors (Lipinski definition) is 0. The Bertz CT molecular complexity index is 929. The van der Waals surface area contributed by atoms with Crippen LogP contribution in [0.1, 0.15) is 17.0 Å². The van der Waals surface area contributed by atoms with E-state index in [1.807, 2.05) is 46.3 Å². The van der Waals surface area contributed by atoms with Gasteiger partial charge in [-0.15, -0.1) is 0 Å². The van der Waals surface area contributed by atoms with Gasteiger partial charge in [0.25, 0.3) is 5.56 Å². The van der Waals surface area contributed by atoms with Gasteiger partial charge in [0.05, 0.1) is 5.69 Å². The van der Waals surface area contributed by atoms with Gasteiger partial charge in [-0.25, -0.2) is 4.98 Å². The molecule has 130 valence electrons. The SMILES string of the molecule is Cc1cccc2nc(CN(C)Cc3ccc(N(C)C)cc3)cc(=O)n12. The fourth-order valence-corrected chi connectivity index (χ4v) is 2.99. The van der Waals surface area contributed by atoms with E-state index in [1.54, 1.807) is 10.5 Å². The molecule has 0 N–H and O–H groups in total. The highest BCUT2D eigenvalue weighted by Crippen LogP contribution is 2.14. The Morgan fingerprint density at radius 3 is 2.40 bits per heavy atom. The van der Waals surface area contributed by atoms with E-state index in [0.717, 1.165) is 17.9 Å². The molecule has 1 aromatic carbocycles. The van der Waals surface area contributed by atoms with Crippen LogP contribution < -0.4 is 10.5 Å². The van der Waals surface area contributed by atoms with E-state index in [9.17, 15) is 4.79 Å². The number of anilines is 1. The minimum absolute atomic E-state index is 0.0261. The molecule has 0 bridgehead atoms. The lowest BCUT2D eigenvalue weighted by Gasteiger charge is -2.18. The van der Waals surface area contributed by atoms with Crippen LogP contribution in [-0.2, 0) is 13.1 Å². The number of benzene rings is 1. The van der Waals surface area contributed by atoms with Crippen molar-refractivity contribution in [3.05, 3.63) is 75.8 Å². The van der Waals surface area contributed by atoms with Crippen LogP contribution in [0.15, 0.2) is 53.3 Å². The summed E-state index contributed by atoms with van der Waals surface area (Å²) in [7, 11) is 6.11. The maximum absolute atomic E-state index is 12.4. The molecular weight excluding hydrogens is 312 g/mol. The molecule has 3 aromatic rings. The van der Waals surface area contributed by atoms with Crippen molar-refractivity contribution in [2.24, 2.45) is 0 Å². The topological polar surface area (TPSA) is 40.9 Å². The fraction of sp³-hybridized carbons (Fsp3) is 0.300. The average molecular weight is 336 g/mol. The van der Waals surface area contributed by atoms with Gasteiger partial charge < -0.3 is 4.90 Å². The van der Waals surface area contributed by atoms with Crippen molar-refractivity contribution in [1.82, 2.24) is 14.3 Å². The number of aromatic nitrogens is 2. The Morgan fingerprint density at radius 2 is 1.72 bits per heavy atom. The van der Waals surface area contributed by atoms with Crippen molar-refractivity contribution in [2.45, 2.75) is 20.0 Å². The molecular formula is C20H24N4O. The van der Waals surface area contributed by atoms with E-state index in [2.05, 4.69) is 39.0 Å². The first-order chi connectivity index (χ1) is 11.9. The molecule has 0 fully saturated rings. The van der Waals surface area contributed by atoms with E-state index in [0.29, 0.717) is 12.2 Å². The highest BCUT2D eigenvalue weighted by atomic mass is 16.1. The predicted octanol–water partition coefficient (Wildman–Crippen LogP) is 2.70. The second-order valence-electron chi connectivity index (χ2n) is 6.68. The molecule has 0 unspecified atom stereocenters. The van der Waals surface area contributed by atoms with Gasteiger partial charge in [-0.3, -0.25) is 14.1 Å². The van der Waals surface area contributed by atoms with Gasteiger partial charge in [-0.05, 0) is 43.8 Å². The summed E-state index contributed by atoms with van der Waals surface area (Å²) in [5, 5.41) is 0. The molecule has 2 heterocycles. The van der Waals surface area contributed by atoms with Gasteiger partial charge in [-0.2, -0.15) is 0 Å². The molecule has 0 atom stereocenters. The molecule has 0 radical (unpaired) electrons. The van der Waals surface area contributed by atoms with Crippen LogP contribution >= 0.6 is 0 Å². The summed E-state index contributed by atoms with van der Waals surface area (Å²) in [6.07, 6.45) is 0. The first-order valence-electron chi connectivity index (χ1n) is 8.37. The third-order valence-electron chi connectivity index (χ3n) is 4.27. The molecule has 5 heteroatoms. The van der Waals surface area contributed by atoms with Crippen molar-refractivity contribution in [1.29, 1.82) is 0 Å². The Kier molecular flexibility index (Phi) is 4.86. The molecule has 5 nitrogen and oxygen atoms in total. The van der Waals surface area contributed by atoms with E-state index in [-0.39, 0.29) is 5.56 Å². The molecule has 0 amide bonds. The lowest BCUT2D eigenvalue weighted by molar-refractivity contribution is 0.315. The molecule has 0 aliphatic heterocycles. The van der Waals surface area contributed by atoms with E-state index < -0.39 is 0 Å². The standard InChI is InChI=1S/C20H24N4O/c1-15-6-5-7-19-21-17(12-20(25)24(15)19)14-23(4)13-16-8-10-18(11-9-16)22(2)3/h5-12H,13-14H2,1-4H3. The van der Waals surface area contributed by atoms with Gasteiger partial charge >= 0.3 is 0 Å². The van der Waals surface area contributed by atoms with Gasteiger partial charge in [0.2, 0.25) is 0 Å². The number of pyridine rings is 1. The molecule has 25 heavy (non-hydrogen) atoms. The van der Waals surface area contributed by atoms with Gasteiger partial charge in [0.15, 0.2) is 0 Å². The number of aryl methyl sites for hydroxylation is 1. The van der Waals surface area contributed by atoms with Crippen LogP contribution in [0, 0.1) is 6.92 Å². The smallest absolute Gasteiger partial charge is 0.258 e. The molecule has 0 saturated carbocycles. The molecule has 2 aromatic heterocycles. The molecule has 0 saturated heterocycles. The normalized spacial score (nSPS) is 11.2. The summed E-state index contributed by atoms with van der Waals surface area (Å²) < 4.78 is 1.64. The molecule has 0 aliphatic carbocycles. The number of fused-ring (bicyclic) bond motifs is 1. The van der Waals surface area contributed by atoms with E-state index in [1.165, 1.54) is 11.3 Å². The third kappa shape index (κ3) is 3.88. The Hall–Kier alpha value is -2.66. The quantitative estimate of drug-likeness (QED) is 0.718. The number of nitrogens with zero attached hydrogens (tertiary/aromatic N) is 4. The van der Waals surface area contributed by atoms with Crippen molar-refractivity contribution >= 4 is 11.3 Å². The summed E-state index contributed by atoms with van der Waals surface area (Å²) in [5.41, 5.74) is 4.79. The lowest BCUT2D eigenvalue weighted by atomic mass is 10.2. The summed E-state index contributed by atoms with van der Waals surface area (Å²) in [6, 6.07) is 15.9. The first kappa shape index (κ1) is 17.2. The van der Waals surface area contributed by atoms with Crippen LogP contribution in [-0.4, -0.2) is 35.4 Å². The maximum Gasteiger partial charge on any atom is 0.258 e. The fourth-order valence-electron chi connectivity index (χ4n) is 2.99. The largest absolute Gasteiger partial charge is 0.378 e. The van der Waals surface area contributed by atoms with Gasteiger partial charge in [-0.1, -0.05) is 18.2 Å². The Morgan fingerprint density at radius 1 is 1.00 bits per heavy atom. The highest BCUT2D eigenvalue weighted by molar-refractivity contribution is 5.46. The predicted molar refractivity (Wildman–Crippen MR) is 102 cm³/mol. The highest BCUT2D eigenvalue weighted by Gasteiger charge is 2.08. The number of hydrogen-bond acceptors (Lipinski definition) is 4. The van der Waals surface area contributed by atoms with E-state index >= 15 is 0 Å². The van der Waals surface area contributed by atoms with Gasteiger partial charge in [0, 0.05) is 44.6 Å². The second kappa shape index (κ2) is 7.07. The molecule has 3 rings (SSSR count). The van der Waals surface area contributed by atoms with E-state index in [4.69, 9.17) is 0 Å². The molecule has 0 aliphatic rings. The zero-order valence-corrected chi connectivity index (χ0v) is 15.2. The van der Waals surface area contributed by atoms with Crippen molar-refractivity contribution < 1.29 is 0 Å². The summed E-state index contributed by atoms with van der Waals surface area (Å²) >= 11 is 0. The van der Waals surface area contributed by atoms with Crippen molar-refractivity contribution in [3.63, 3.8) is 0 Å². The van der Waals surface area contributed by atoms with Crippen LogP contribution in [0.25, 0.3) is 5.65 Å². The number of rotatable bonds is 5. The second-order valence-corrected chi connectivity index (χ2v) is 6.68. The van der Waals surface area contributed by atoms with Gasteiger partial charge in [0.1, 0.15) is 5.65 Å². The minimum atomic E-state index is -0.0261. The van der Waals surface area contributed by atoms with Crippen LogP contribution in [0.5, 0.6) is 0 Å². The average Bonchev–Trinajstić information content (AvgIpc) is 2.55.